The molecule has 0 bridgehead atoms. The van der Waals surface area contributed by atoms with Crippen LogP contribution in [0.1, 0.15) is 0 Å². The number of benzene rings is 5. The van der Waals surface area contributed by atoms with Crippen LogP contribution in [0, 0.1) is 0 Å². The Balaban J connectivity index is 1.09. The van der Waals surface area contributed by atoms with Gasteiger partial charge in [-0.05, 0) is 84.9 Å². The van der Waals surface area contributed by atoms with E-state index in [-0.39, 0.29) is 0 Å². The topological polar surface area (TPSA) is 68.4 Å². The van der Waals surface area contributed by atoms with Gasteiger partial charge in [0.25, 0.3) is 0 Å². The fraction of sp³-hybridized carbons (Fsp3) is 0. The molecule has 10 rings (SSSR count). The van der Waals surface area contributed by atoms with Crippen molar-refractivity contribution in [2.45, 2.75) is 0 Å². The van der Waals surface area contributed by atoms with Gasteiger partial charge >= 0.3 is 0 Å². The predicted octanol–water partition coefficient (Wildman–Crippen LogP) is 12.3. The molecule has 0 unspecified atom stereocenters. The molecule has 0 saturated heterocycles. The van der Waals surface area contributed by atoms with Gasteiger partial charge in [0.15, 0.2) is 0 Å². The standard InChI is InChI=1S/C44H27N3O3/c1-2-16-40-33(13-1)35-26-36-34-25-30(17-18-41(34)49-43(36)27-42(35)48-40)39-19-20-44(50-39)47(31-11-7-9-28(23-31)37-14-3-5-21-45-37)32-12-8-10-29(24-32)38-15-4-6-22-46-38/h1-27H. The van der Waals surface area contributed by atoms with E-state index in [0.29, 0.717) is 5.88 Å². The number of rotatable bonds is 6. The lowest BCUT2D eigenvalue weighted by Gasteiger charge is -2.23. The largest absolute Gasteiger partial charge is 0.456 e. The van der Waals surface area contributed by atoms with E-state index in [9.17, 15) is 0 Å². The quantitative estimate of drug-likeness (QED) is 0.179. The summed E-state index contributed by atoms with van der Waals surface area (Å²) in [6, 6.07) is 51.1. The lowest BCUT2D eigenvalue weighted by atomic mass is 10.1. The zero-order valence-electron chi connectivity index (χ0n) is 26.7. The Morgan fingerprint density at radius 1 is 0.380 bits per heavy atom. The van der Waals surface area contributed by atoms with Crippen molar-refractivity contribution < 1.29 is 13.3 Å². The van der Waals surface area contributed by atoms with E-state index in [1.807, 2.05) is 97.3 Å². The average molecular weight is 646 g/mol. The lowest BCUT2D eigenvalue weighted by molar-refractivity contribution is 0.588. The number of aromatic nitrogens is 2. The van der Waals surface area contributed by atoms with Crippen molar-refractivity contribution in [3.8, 4) is 33.8 Å². The third-order valence-corrected chi connectivity index (χ3v) is 9.20. The fourth-order valence-corrected chi connectivity index (χ4v) is 6.83. The van der Waals surface area contributed by atoms with Crippen LogP contribution >= 0.6 is 0 Å². The van der Waals surface area contributed by atoms with Crippen LogP contribution in [0.15, 0.2) is 177 Å². The van der Waals surface area contributed by atoms with Crippen LogP contribution in [0.4, 0.5) is 17.3 Å². The van der Waals surface area contributed by atoms with Crippen molar-refractivity contribution in [1.29, 1.82) is 0 Å². The van der Waals surface area contributed by atoms with Crippen LogP contribution in [0.3, 0.4) is 0 Å². The van der Waals surface area contributed by atoms with Gasteiger partial charge in [0, 0.05) is 74.1 Å². The number of para-hydroxylation sites is 1. The molecule has 0 fully saturated rings. The van der Waals surface area contributed by atoms with Crippen molar-refractivity contribution in [3.63, 3.8) is 0 Å². The molecule has 0 aliphatic heterocycles. The molecule has 0 atom stereocenters. The first-order chi connectivity index (χ1) is 24.7. The highest BCUT2D eigenvalue weighted by molar-refractivity contribution is 6.15. The maximum absolute atomic E-state index is 6.73. The number of furan rings is 3. The van der Waals surface area contributed by atoms with Gasteiger partial charge in [-0.3, -0.25) is 14.9 Å². The number of hydrogen-bond donors (Lipinski definition) is 0. The smallest absolute Gasteiger partial charge is 0.205 e. The molecule has 0 N–H and O–H groups in total. The minimum atomic E-state index is 0.681. The van der Waals surface area contributed by atoms with Gasteiger partial charge in [-0.25, -0.2) is 0 Å². The lowest BCUT2D eigenvalue weighted by Crippen LogP contribution is -2.09. The molecule has 0 spiro atoms. The van der Waals surface area contributed by atoms with Gasteiger partial charge in [-0.15, -0.1) is 0 Å². The molecule has 0 aliphatic carbocycles. The van der Waals surface area contributed by atoms with E-state index in [4.69, 9.17) is 13.3 Å². The highest BCUT2D eigenvalue weighted by Crippen LogP contribution is 2.42. The normalized spacial score (nSPS) is 11.6. The number of fused-ring (bicyclic) bond motifs is 6. The van der Waals surface area contributed by atoms with Crippen LogP contribution in [-0.4, -0.2) is 9.97 Å². The zero-order chi connectivity index (χ0) is 33.0. The van der Waals surface area contributed by atoms with Crippen LogP contribution in [0.2, 0.25) is 0 Å². The van der Waals surface area contributed by atoms with E-state index in [1.165, 1.54) is 0 Å². The van der Waals surface area contributed by atoms with Crippen LogP contribution in [0.25, 0.3) is 77.7 Å². The second-order valence-electron chi connectivity index (χ2n) is 12.3. The molecular weight excluding hydrogens is 619 g/mol. The molecule has 5 aromatic carbocycles. The molecule has 0 amide bonds. The molecular formula is C44H27N3O3. The van der Waals surface area contributed by atoms with Crippen LogP contribution < -0.4 is 4.90 Å². The molecule has 5 heterocycles. The Bertz CT molecular complexity index is 2750. The molecule has 10 aromatic rings. The summed E-state index contributed by atoms with van der Waals surface area (Å²) in [4.78, 5) is 11.3. The summed E-state index contributed by atoms with van der Waals surface area (Å²) in [7, 11) is 0. The van der Waals surface area contributed by atoms with Gasteiger partial charge in [0.1, 0.15) is 28.1 Å². The van der Waals surface area contributed by atoms with E-state index >= 15 is 0 Å². The minimum absolute atomic E-state index is 0.681. The van der Waals surface area contributed by atoms with Crippen LogP contribution in [-0.2, 0) is 0 Å². The number of hydrogen-bond acceptors (Lipinski definition) is 6. The van der Waals surface area contributed by atoms with Crippen molar-refractivity contribution >= 4 is 61.1 Å². The first-order valence-corrected chi connectivity index (χ1v) is 16.5. The monoisotopic (exact) mass is 645 g/mol. The highest BCUT2D eigenvalue weighted by Gasteiger charge is 2.20. The maximum atomic E-state index is 6.73. The molecule has 0 saturated carbocycles. The van der Waals surface area contributed by atoms with Crippen molar-refractivity contribution in [3.05, 3.63) is 164 Å². The van der Waals surface area contributed by atoms with Crippen molar-refractivity contribution in [2.75, 3.05) is 4.90 Å². The molecule has 6 nitrogen and oxygen atoms in total. The third kappa shape index (κ3) is 4.73. The summed E-state index contributed by atoms with van der Waals surface area (Å²) >= 11 is 0. The summed E-state index contributed by atoms with van der Waals surface area (Å²) < 4.78 is 19.2. The number of pyridine rings is 2. The predicted molar refractivity (Wildman–Crippen MR) is 200 cm³/mol. The molecule has 5 aromatic heterocycles. The Kier molecular flexibility index (Phi) is 6.39. The molecule has 0 aliphatic rings. The summed E-state index contributed by atoms with van der Waals surface area (Å²) in [6.45, 7) is 0. The average Bonchev–Trinajstić information content (AvgIpc) is 3.90. The first-order valence-electron chi connectivity index (χ1n) is 16.5. The van der Waals surface area contributed by atoms with E-state index in [0.717, 1.165) is 89.1 Å². The van der Waals surface area contributed by atoms with E-state index < -0.39 is 0 Å². The van der Waals surface area contributed by atoms with Gasteiger partial charge in [-0.2, -0.15) is 0 Å². The Labute approximate surface area is 286 Å². The summed E-state index contributed by atoms with van der Waals surface area (Å²) in [5.41, 5.74) is 9.94. The Morgan fingerprint density at radius 2 is 1.00 bits per heavy atom. The third-order valence-electron chi connectivity index (χ3n) is 9.20. The SMILES string of the molecule is c1ccc(-c2cccc(N(c3cccc(-c4ccccn4)c3)c3ccc(-c4ccc5oc6cc7oc8ccccc8c7cc6c5c4)o3)c2)nc1. The summed E-state index contributed by atoms with van der Waals surface area (Å²) in [6.07, 6.45) is 3.63. The van der Waals surface area contributed by atoms with E-state index in [1.54, 1.807) is 0 Å². The van der Waals surface area contributed by atoms with Gasteiger partial charge in [-0.1, -0.05) is 54.6 Å². The Morgan fingerprint density at radius 3 is 1.68 bits per heavy atom. The minimum Gasteiger partial charge on any atom is -0.456 e. The summed E-state index contributed by atoms with van der Waals surface area (Å²) in [5, 5.41) is 4.21. The maximum Gasteiger partial charge on any atom is 0.205 e. The van der Waals surface area contributed by atoms with Crippen LogP contribution in [0.5, 0.6) is 0 Å². The fourth-order valence-electron chi connectivity index (χ4n) is 6.83. The summed E-state index contributed by atoms with van der Waals surface area (Å²) in [5.74, 6) is 1.43. The Hall–Kier alpha value is -6.92. The van der Waals surface area contributed by atoms with Gasteiger partial charge in [0.2, 0.25) is 5.88 Å². The van der Waals surface area contributed by atoms with E-state index in [2.05, 4.69) is 81.6 Å². The molecule has 0 radical (unpaired) electrons. The number of anilines is 3. The molecule has 6 heteroatoms. The van der Waals surface area contributed by atoms with Gasteiger partial charge < -0.3 is 13.3 Å². The number of nitrogens with zero attached hydrogens (tertiary/aromatic N) is 3. The van der Waals surface area contributed by atoms with Gasteiger partial charge in [0.05, 0.1) is 11.4 Å². The second-order valence-corrected chi connectivity index (χ2v) is 12.3. The highest BCUT2D eigenvalue weighted by atomic mass is 16.4. The van der Waals surface area contributed by atoms with Crippen molar-refractivity contribution in [2.24, 2.45) is 0 Å². The van der Waals surface area contributed by atoms with Crippen molar-refractivity contribution in [1.82, 2.24) is 9.97 Å². The first kappa shape index (κ1) is 28.1. The molecule has 236 valence electrons. The second kappa shape index (κ2) is 11.4. The molecule has 50 heavy (non-hydrogen) atoms. The zero-order valence-corrected chi connectivity index (χ0v) is 26.7.